The van der Waals surface area contributed by atoms with E-state index in [0.29, 0.717) is 13.0 Å². The van der Waals surface area contributed by atoms with E-state index < -0.39 is 0 Å². The van der Waals surface area contributed by atoms with Crippen LogP contribution in [-0.2, 0) is 11.2 Å². The summed E-state index contributed by atoms with van der Waals surface area (Å²) in [7, 11) is 0. The molecule has 2 N–H and O–H groups in total. The Labute approximate surface area is 113 Å². The standard InChI is InChI=1S/C16H18N2O/c17-14-8-9-18(11-14)16(19)10-13-6-3-5-12-4-1-2-7-15(12)13/h1-7,14H,8-11,17H2/t14-/m0/s1. The Bertz CT molecular complexity index is 603. The Kier molecular flexibility index (Phi) is 3.22. The lowest BCUT2D eigenvalue weighted by Gasteiger charge is -2.16. The normalized spacial score (nSPS) is 19.0. The monoisotopic (exact) mass is 254 g/mol. The van der Waals surface area contributed by atoms with Crippen LogP contribution in [0.3, 0.4) is 0 Å². The van der Waals surface area contributed by atoms with Crippen molar-refractivity contribution in [1.29, 1.82) is 0 Å². The molecule has 1 atom stereocenters. The summed E-state index contributed by atoms with van der Waals surface area (Å²) in [5.41, 5.74) is 6.95. The van der Waals surface area contributed by atoms with Crippen molar-refractivity contribution in [2.75, 3.05) is 13.1 Å². The van der Waals surface area contributed by atoms with Crippen molar-refractivity contribution >= 4 is 16.7 Å². The first-order valence-corrected chi connectivity index (χ1v) is 6.74. The van der Waals surface area contributed by atoms with Crippen molar-refractivity contribution in [2.45, 2.75) is 18.9 Å². The van der Waals surface area contributed by atoms with Gasteiger partial charge in [0.15, 0.2) is 0 Å². The zero-order chi connectivity index (χ0) is 13.2. The highest BCUT2D eigenvalue weighted by atomic mass is 16.2. The third-order valence-corrected chi connectivity index (χ3v) is 3.80. The number of amides is 1. The molecular formula is C16H18N2O. The number of carbonyl (C=O) groups is 1. The molecule has 0 spiro atoms. The molecule has 1 fully saturated rings. The van der Waals surface area contributed by atoms with Crippen LogP contribution in [0.4, 0.5) is 0 Å². The average molecular weight is 254 g/mol. The summed E-state index contributed by atoms with van der Waals surface area (Å²) in [6.07, 6.45) is 1.38. The first kappa shape index (κ1) is 12.2. The predicted molar refractivity (Wildman–Crippen MR) is 76.8 cm³/mol. The minimum absolute atomic E-state index is 0.150. The maximum Gasteiger partial charge on any atom is 0.227 e. The van der Waals surface area contributed by atoms with Gasteiger partial charge in [0.2, 0.25) is 5.91 Å². The molecule has 3 rings (SSSR count). The fraction of sp³-hybridized carbons (Fsp3) is 0.312. The van der Waals surface area contributed by atoms with Gasteiger partial charge in [-0.3, -0.25) is 4.79 Å². The summed E-state index contributed by atoms with van der Waals surface area (Å²) < 4.78 is 0. The number of carbonyl (C=O) groups excluding carboxylic acids is 1. The van der Waals surface area contributed by atoms with Gasteiger partial charge < -0.3 is 10.6 Å². The number of fused-ring (bicyclic) bond motifs is 1. The molecule has 1 aliphatic rings. The Morgan fingerprint density at radius 1 is 1.21 bits per heavy atom. The van der Waals surface area contributed by atoms with Gasteiger partial charge >= 0.3 is 0 Å². The van der Waals surface area contributed by atoms with Crippen LogP contribution in [0.25, 0.3) is 10.8 Å². The third-order valence-electron chi connectivity index (χ3n) is 3.80. The second-order valence-corrected chi connectivity index (χ2v) is 5.20. The molecule has 1 saturated heterocycles. The van der Waals surface area contributed by atoms with E-state index in [-0.39, 0.29) is 11.9 Å². The van der Waals surface area contributed by atoms with Gasteiger partial charge in [-0.25, -0.2) is 0 Å². The highest BCUT2D eigenvalue weighted by molar-refractivity contribution is 5.90. The second-order valence-electron chi connectivity index (χ2n) is 5.20. The maximum atomic E-state index is 12.3. The predicted octanol–water partition coefficient (Wildman–Crippen LogP) is 1.94. The van der Waals surface area contributed by atoms with Crippen LogP contribution in [0.2, 0.25) is 0 Å². The average Bonchev–Trinajstić information content (AvgIpc) is 2.86. The van der Waals surface area contributed by atoms with Crippen molar-refractivity contribution in [1.82, 2.24) is 4.90 Å². The summed E-state index contributed by atoms with van der Waals surface area (Å²) >= 11 is 0. The summed E-state index contributed by atoms with van der Waals surface area (Å²) in [4.78, 5) is 14.2. The topological polar surface area (TPSA) is 46.3 Å². The zero-order valence-corrected chi connectivity index (χ0v) is 10.9. The Morgan fingerprint density at radius 3 is 2.79 bits per heavy atom. The first-order valence-electron chi connectivity index (χ1n) is 6.74. The van der Waals surface area contributed by atoms with Gasteiger partial charge in [0.05, 0.1) is 6.42 Å². The first-order chi connectivity index (χ1) is 9.24. The van der Waals surface area contributed by atoms with Gasteiger partial charge in [-0.2, -0.15) is 0 Å². The summed E-state index contributed by atoms with van der Waals surface area (Å²) in [5, 5.41) is 2.35. The van der Waals surface area contributed by atoms with E-state index in [1.165, 1.54) is 10.8 Å². The molecule has 0 unspecified atom stereocenters. The highest BCUT2D eigenvalue weighted by Crippen LogP contribution is 2.20. The van der Waals surface area contributed by atoms with Crippen molar-refractivity contribution in [2.24, 2.45) is 5.73 Å². The minimum Gasteiger partial charge on any atom is -0.341 e. The molecule has 19 heavy (non-hydrogen) atoms. The molecule has 3 nitrogen and oxygen atoms in total. The van der Waals surface area contributed by atoms with E-state index in [9.17, 15) is 4.79 Å². The van der Waals surface area contributed by atoms with E-state index in [2.05, 4.69) is 18.2 Å². The van der Waals surface area contributed by atoms with Crippen LogP contribution in [-0.4, -0.2) is 29.9 Å². The van der Waals surface area contributed by atoms with Crippen LogP contribution in [0.1, 0.15) is 12.0 Å². The SMILES string of the molecule is N[C@H]1CCN(C(=O)Cc2cccc3ccccc23)C1. The van der Waals surface area contributed by atoms with Gasteiger partial charge in [-0.05, 0) is 22.8 Å². The molecule has 0 bridgehead atoms. The lowest BCUT2D eigenvalue weighted by molar-refractivity contribution is -0.129. The Morgan fingerprint density at radius 2 is 2.00 bits per heavy atom. The molecule has 3 heteroatoms. The van der Waals surface area contributed by atoms with Gasteiger partial charge in [-0.15, -0.1) is 0 Å². The summed E-state index contributed by atoms with van der Waals surface area (Å²) in [5.74, 6) is 0.185. The Hall–Kier alpha value is -1.87. The van der Waals surface area contributed by atoms with Crippen LogP contribution in [0.15, 0.2) is 42.5 Å². The molecule has 1 heterocycles. The fourth-order valence-corrected chi connectivity index (χ4v) is 2.74. The lowest BCUT2D eigenvalue weighted by Crippen LogP contribution is -2.32. The van der Waals surface area contributed by atoms with Crippen LogP contribution >= 0.6 is 0 Å². The molecule has 0 saturated carbocycles. The molecule has 1 aliphatic heterocycles. The largest absolute Gasteiger partial charge is 0.341 e. The molecule has 0 aliphatic carbocycles. The molecular weight excluding hydrogens is 236 g/mol. The van der Waals surface area contributed by atoms with E-state index in [4.69, 9.17) is 5.73 Å². The van der Waals surface area contributed by atoms with Crippen LogP contribution < -0.4 is 5.73 Å². The lowest BCUT2D eigenvalue weighted by atomic mass is 10.0. The fourth-order valence-electron chi connectivity index (χ4n) is 2.74. The molecule has 2 aromatic rings. The van der Waals surface area contributed by atoms with Crippen LogP contribution in [0.5, 0.6) is 0 Å². The smallest absolute Gasteiger partial charge is 0.227 e. The molecule has 0 aromatic heterocycles. The van der Waals surface area contributed by atoms with Crippen LogP contribution in [0, 0.1) is 0 Å². The van der Waals surface area contributed by atoms with Gasteiger partial charge in [0.25, 0.3) is 0 Å². The van der Waals surface area contributed by atoms with Crippen molar-refractivity contribution in [3.05, 3.63) is 48.0 Å². The van der Waals surface area contributed by atoms with E-state index in [1.807, 2.05) is 29.2 Å². The van der Waals surface area contributed by atoms with Crippen molar-refractivity contribution in [3.63, 3.8) is 0 Å². The van der Waals surface area contributed by atoms with Crippen molar-refractivity contribution in [3.8, 4) is 0 Å². The van der Waals surface area contributed by atoms with E-state index in [0.717, 1.165) is 18.5 Å². The number of hydrogen-bond acceptors (Lipinski definition) is 2. The number of rotatable bonds is 2. The number of nitrogens with zero attached hydrogens (tertiary/aromatic N) is 1. The second kappa shape index (κ2) is 5.02. The van der Waals surface area contributed by atoms with Gasteiger partial charge in [-0.1, -0.05) is 42.5 Å². The summed E-state index contributed by atoms with van der Waals surface area (Å²) in [6, 6.07) is 14.5. The van der Waals surface area contributed by atoms with E-state index >= 15 is 0 Å². The number of hydrogen-bond donors (Lipinski definition) is 1. The molecule has 1 amide bonds. The van der Waals surface area contributed by atoms with Crippen molar-refractivity contribution < 1.29 is 4.79 Å². The molecule has 0 radical (unpaired) electrons. The zero-order valence-electron chi connectivity index (χ0n) is 10.9. The quantitative estimate of drug-likeness (QED) is 0.890. The Balaban J connectivity index is 1.83. The number of nitrogens with two attached hydrogens (primary N) is 1. The van der Waals surface area contributed by atoms with Gasteiger partial charge in [0, 0.05) is 19.1 Å². The van der Waals surface area contributed by atoms with Gasteiger partial charge in [0.1, 0.15) is 0 Å². The third kappa shape index (κ3) is 2.47. The summed E-state index contributed by atoms with van der Waals surface area (Å²) in [6.45, 7) is 1.49. The number of likely N-dealkylation sites (tertiary alicyclic amines) is 1. The molecule has 2 aromatic carbocycles. The number of benzene rings is 2. The molecule has 98 valence electrons. The highest BCUT2D eigenvalue weighted by Gasteiger charge is 2.23. The minimum atomic E-state index is 0.150. The van der Waals surface area contributed by atoms with E-state index in [1.54, 1.807) is 0 Å². The maximum absolute atomic E-state index is 12.3.